The summed E-state index contributed by atoms with van der Waals surface area (Å²) < 4.78 is 33.0. The van der Waals surface area contributed by atoms with E-state index < -0.39 is 10.0 Å². The third-order valence-electron chi connectivity index (χ3n) is 4.15. The number of methoxy groups -OCH3 is 1. The number of aryl methyl sites for hydroxylation is 4. The second-order valence-electron chi connectivity index (χ2n) is 6.63. The summed E-state index contributed by atoms with van der Waals surface area (Å²) in [5.41, 5.74) is 3.94. The molecule has 2 aromatic carbocycles. The van der Waals surface area contributed by atoms with Crippen molar-refractivity contribution in [1.82, 2.24) is 4.72 Å². The Morgan fingerprint density at radius 3 is 2.22 bits per heavy atom. The van der Waals surface area contributed by atoms with Gasteiger partial charge in [0.15, 0.2) is 0 Å². The molecule has 0 bridgehead atoms. The highest BCUT2D eigenvalue weighted by Crippen LogP contribution is 2.25. The zero-order valence-corrected chi connectivity index (χ0v) is 17.2. The van der Waals surface area contributed by atoms with Crippen molar-refractivity contribution in [3.05, 3.63) is 52.6 Å². The second kappa shape index (κ2) is 8.54. The monoisotopic (exact) mass is 390 g/mol. The fourth-order valence-corrected chi connectivity index (χ4v) is 4.57. The predicted molar refractivity (Wildman–Crippen MR) is 107 cm³/mol. The zero-order chi connectivity index (χ0) is 20.2. The van der Waals surface area contributed by atoms with Crippen LogP contribution >= 0.6 is 0 Å². The van der Waals surface area contributed by atoms with E-state index in [1.165, 1.54) is 7.11 Å². The molecule has 27 heavy (non-hydrogen) atoms. The van der Waals surface area contributed by atoms with Crippen LogP contribution in [0.5, 0.6) is 5.75 Å². The van der Waals surface area contributed by atoms with Gasteiger partial charge in [-0.3, -0.25) is 4.79 Å². The molecule has 2 aromatic rings. The minimum Gasteiger partial charge on any atom is -0.495 e. The molecule has 0 heterocycles. The SMILES string of the molecule is COc1ccc(C)cc1NC(=O)CCNS(=O)(=O)c1c(C)cc(C)cc1C. The fraction of sp³-hybridized carbons (Fsp3) is 0.350. The molecular weight excluding hydrogens is 364 g/mol. The van der Waals surface area contributed by atoms with E-state index in [0.29, 0.717) is 22.6 Å². The summed E-state index contributed by atoms with van der Waals surface area (Å²) in [5, 5.41) is 2.76. The van der Waals surface area contributed by atoms with Crippen molar-refractivity contribution in [2.24, 2.45) is 0 Å². The number of hydrogen-bond donors (Lipinski definition) is 2. The van der Waals surface area contributed by atoms with E-state index in [2.05, 4.69) is 10.0 Å². The minimum absolute atomic E-state index is 0.00898. The van der Waals surface area contributed by atoms with Gasteiger partial charge in [0.2, 0.25) is 15.9 Å². The zero-order valence-electron chi connectivity index (χ0n) is 16.3. The van der Waals surface area contributed by atoms with Gasteiger partial charge in [0.05, 0.1) is 17.7 Å². The van der Waals surface area contributed by atoms with Crippen LogP contribution < -0.4 is 14.8 Å². The number of hydrogen-bond acceptors (Lipinski definition) is 4. The van der Waals surface area contributed by atoms with Crippen LogP contribution in [-0.2, 0) is 14.8 Å². The van der Waals surface area contributed by atoms with Gasteiger partial charge in [0.25, 0.3) is 0 Å². The van der Waals surface area contributed by atoms with Crippen LogP contribution in [0.1, 0.15) is 28.7 Å². The molecule has 0 aliphatic heterocycles. The molecule has 7 heteroatoms. The predicted octanol–water partition coefficient (Wildman–Crippen LogP) is 3.24. The first-order valence-electron chi connectivity index (χ1n) is 8.66. The van der Waals surface area contributed by atoms with Gasteiger partial charge in [0, 0.05) is 13.0 Å². The van der Waals surface area contributed by atoms with Gasteiger partial charge in [-0.25, -0.2) is 13.1 Å². The van der Waals surface area contributed by atoms with Crippen LogP contribution in [0.4, 0.5) is 5.69 Å². The Morgan fingerprint density at radius 1 is 1.00 bits per heavy atom. The van der Waals surface area contributed by atoms with Gasteiger partial charge in [0.1, 0.15) is 5.75 Å². The van der Waals surface area contributed by atoms with Gasteiger partial charge < -0.3 is 10.1 Å². The van der Waals surface area contributed by atoms with Crippen molar-refractivity contribution in [3.8, 4) is 5.75 Å². The van der Waals surface area contributed by atoms with Crippen LogP contribution in [0, 0.1) is 27.7 Å². The third kappa shape index (κ3) is 5.30. The molecule has 0 saturated heterocycles. The quantitative estimate of drug-likeness (QED) is 0.760. The van der Waals surface area contributed by atoms with Crippen molar-refractivity contribution in [2.45, 2.75) is 39.0 Å². The third-order valence-corrected chi connectivity index (χ3v) is 5.91. The summed E-state index contributed by atoms with van der Waals surface area (Å²) in [6, 6.07) is 9.13. The molecule has 2 N–H and O–H groups in total. The molecule has 0 saturated carbocycles. The number of carbonyl (C=O) groups excluding carboxylic acids is 1. The summed E-state index contributed by atoms with van der Waals surface area (Å²) in [7, 11) is -2.15. The average Bonchev–Trinajstić information content (AvgIpc) is 2.53. The van der Waals surface area contributed by atoms with E-state index in [1.54, 1.807) is 26.0 Å². The highest BCUT2D eigenvalue weighted by Gasteiger charge is 2.20. The topological polar surface area (TPSA) is 84.5 Å². The molecule has 6 nitrogen and oxygen atoms in total. The van der Waals surface area contributed by atoms with Crippen molar-refractivity contribution in [2.75, 3.05) is 19.0 Å². The van der Waals surface area contributed by atoms with Crippen molar-refractivity contribution >= 4 is 21.6 Å². The van der Waals surface area contributed by atoms with Gasteiger partial charge >= 0.3 is 0 Å². The van der Waals surface area contributed by atoms with Crippen LogP contribution in [-0.4, -0.2) is 28.0 Å². The van der Waals surface area contributed by atoms with Crippen LogP contribution in [0.25, 0.3) is 0 Å². The molecule has 0 fully saturated rings. The smallest absolute Gasteiger partial charge is 0.241 e. The van der Waals surface area contributed by atoms with Gasteiger partial charge in [-0.1, -0.05) is 23.8 Å². The summed E-state index contributed by atoms with van der Waals surface area (Å²) >= 11 is 0. The molecule has 2 rings (SSSR count). The lowest BCUT2D eigenvalue weighted by atomic mass is 10.1. The first-order valence-corrected chi connectivity index (χ1v) is 10.1. The lowest BCUT2D eigenvalue weighted by molar-refractivity contribution is -0.116. The summed E-state index contributed by atoms with van der Waals surface area (Å²) in [4.78, 5) is 12.5. The summed E-state index contributed by atoms with van der Waals surface area (Å²) in [6.07, 6.45) is 0.0142. The molecule has 0 unspecified atom stereocenters. The normalized spacial score (nSPS) is 11.3. The Balaban J connectivity index is 2.02. The van der Waals surface area contributed by atoms with Crippen molar-refractivity contribution < 1.29 is 17.9 Å². The van der Waals surface area contributed by atoms with Crippen LogP contribution in [0.2, 0.25) is 0 Å². The lowest BCUT2D eigenvalue weighted by Gasteiger charge is -2.14. The van der Waals surface area contributed by atoms with Crippen LogP contribution in [0.15, 0.2) is 35.2 Å². The molecular formula is C20H26N2O4S. The molecule has 0 aromatic heterocycles. The number of anilines is 1. The number of sulfonamides is 1. The molecule has 146 valence electrons. The first-order chi connectivity index (χ1) is 12.6. The molecule has 0 aliphatic carbocycles. The van der Waals surface area contributed by atoms with E-state index in [1.807, 2.05) is 32.0 Å². The maximum Gasteiger partial charge on any atom is 0.241 e. The standard InChI is InChI=1S/C20H26N2O4S/c1-13-6-7-18(26-5)17(12-13)22-19(23)8-9-21-27(24,25)20-15(3)10-14(2)11-16(20)4/h6-7,10-12,21H,8-9H2,1-5H3,(H,22,23). The number of nitrogens with one attached hydrogen (secondary N) is 2. The molecule has 1 amide bonds. The number of benzene rings is 2. The Bertz CT molecular complexity index is 929. The van der Waals surface area contributed by atoms with E-state index in [-0.39, 0.29) is 23.8 Å². The molecule has 0 radical (unpaired) electrons. The van der Waals surface area contributed by atoms with Crippen LogP contribution in [0.3, 0.4) is 0 Å². The van der Waals surface area contributed by atoms with E-state index in [9.17, 15) is 13.2 Å². The highest BCUT2D eigenvalue weighted by molar-refractivity contribution is 7.89. The Morgan fingerprint density at radius 2 is 1.63 bits per heavy atom. The first kappa shape index (κ1) is 20.9. The Labute approximate surface area is 161 Å². The van der Waals surface area contributed by atoms with E-state index in [0.717, 1.165) is 11.1 Å². The van der Waals surface area contributed by atoms with Crippen molar-refractivity contribution in [1.29, 1.82) is 0 Å². The fourth-order valence-electron chi connectivity index (χ4n) is 3.09. The van der Waals surface area contributed by atoms with E-state index >= 15 is 0 Å². The number of ether oxygens (including phenoxy) is 1. The van der Waals surface area contributed by atoms with Crippen molar-refractivity contribution in [3.63, 3.8) is 0 Å². The summed E-state index contributed by atoms with van der Waals surface area (Å²) in [5.74, 6) is 0.263. The summed E-state index contributed by atoms with van der Waals surface area (Å²) in [6.45, 7) is 7.38. The maximum atomic E-state index is 12.6. The number of carbonyl (C=O) groups is 1. The van der Waals surface area contributed by atoms with Gasteiger partial charge in [-0.2, -0.15) is 0 Å². The largest absolute Gasteiger partial charge is 0.495 e. The minimum atomic E-state index is -3.68. The van der Waals surface area contributed by atoms with Gasteiger partial charge in [-0.05, 0) is 56.5 Å². The number of rotatable bonds is 7. The Kier molecular flexibility index (Phi) is 6.62. The van der Waals surface area contributed by atoms with E-state index in [4.69, 9.17) is 4.74 Å². The Hall–Kier alpha value is -2.38. The molecule has 0 spiro atoms. The van der Waals surface area contributed by atoms with Gasteiger partial charge in [-0.15, -0.1) is 0 Å². The highest BCUT2D eigenvalue weighted by atomic mass is 32.2. The number of amides is 1. The lowest BCUT2D eigenvalue weighted by Crippen LogP contribution is -2.29. The second-order valence-corrected chi connectivity index (χ2v) is 8.33. The maximum absolute atomic E-state index is 12.6. The molecule has 0 atom stereocenters. The molecule has 0 aliphatic rings. The average molecular weight is 391 g/mol.